The van der Waals surface area contributed by atoms with Crippen LogP contribution in [0.3, 0.4) is 0 Å². The van der Waals surface area contributed by atoms with Gasteiger partial charge in [0.2, 0.25) is 0 Å². The molecular formula is C18H14N2O3. The number of rotatable bonds is 3. The lowest BCUT2D eigenvalue weighted by Crippen LogP contribution is -2.13. The number of aryl methyl sites for hydroxylation is 1. The largest absolute Gasteiger partial charge is 0.321 e. The number of non-ortho nitro benzene ring substituents is 1. The third-order valence-electron chi connectivity index (χ3n) is 3.71. The Hall–Kier alpha value is -3.21. The maximum absolute atomic E-state index is 12.6. The first-order valence-electron chi connectivity index (χ1n) is 7.10. The summed E-state index contributed by atoms with van der Waals surface area (Å²) in [6.45, 7) is 1.79. The van der Waals surface area contributed by atoms with Gasteiger partial charge >= 0.3 is 0 Å². The minimum Gasteiger partial charge on any atom is -0.321 e. The van der Waals surface area contributed by atoms with Gasteiger partial charge in [0.15, 0.2) is 0 Å². The number of nitrogens with one attached hydrogen (secondary N) is 1. The van der Waals surface area contributed by atoms with Gasteiger partial charge in [-0.1, -0.05) is 42.5 Å². The number of carbonyl (C=O) groups is 1. The Kier molecular flexibility index (Phi) is 3.76. The minimum absolute atomic E-state index is 0.0520. The summed E-state index contributed by atoms with van der Waals surface area (Å²) in [6.07, 6.45) is 0. The van der Waals surface area contributed by atoms with E-state index in [-0.39, 0.29) is 11.6 Å². The van der Waals surface area contributed by atoms with Gasteiger partial charge in [-0.15, -0.1) is 0 Å². The second-order valence-electron chi connectivity index (χ2n) is 5.24. The van der Waals surface area contributed by atoms with Crippen molar-refractivity contribution in [1.82, 2.24) is 0 Å². The van der Waals surface area contributed by atoms with Crippen molar-refractivity contribution in [3.05, 3.63) is 81.9 Å². The quantitative estimate of drug-likeness (QED) is 0.579. The SMILES string of the molecule is Cc1ccc([N+](=O)[O-])cc1NC(=O)c1cccc2ccccc12. The highest BCUT2D eigenvalue weighted by atomic mass is 16.6. The smallest absolute Gasteiger partial charge is 0.271 e. The third kappa shape index (κ3) is 2.89. The lowest BCUT2D eigenvalue weighted by atomic mass is 10.0. The Balaban J connectivity index is 1.98. The first kappa shape index (κ1) is 14.7. The van der Waals surface area contributed by atoms with E-state index in [9.17, 15) is 14.9 Å². The van der Waals surface area contributed by atoms with Crippen LogP contribution in [0.15, 0.2) is 60.7 Å². The lowest BCUT2D eigenvalue weighted by molar-refractivity contribution is -0.384. The molecule has 1 N–H and O–H groups in total. The van der Waals surface area contributed by atoms with Crippen molar-refractivity contribution in [2.24, 2.45) is 0 Å². The highest BCUT2D eigenvalue weighted by Gasteiger charge is 2.14. The molecule has 0 spiro atoms. The normalized spacial score (nSPS) is 10.5. The zero-order valence-electron chi connectivity index (χ0n) is 12.4. The van der Waals surface area contributed by atoms with Gasteiger partial charge in [0.25, 0.3) is 11.6 Å². The number of benzene rings is 3. The van der Waals surface area contributed by atoms with E-state index in [0.29, 0.717) is 11.3 Å². The number of fused-ring (bicyclic) bond motifs is 1. The maximum atomic E-state index is 12.6. The molecule has 0 bridgehead atoms. The van der Waals surface area contributed by atoms with Crippen molar-refractivity contribution >= 4 is 28.1 Å². The van der Waals surface area contributed by atoms with E-state index >= 15 is 0 Å². The van der Waals surface area contributed by atoms with Crippen LogP contribution in [-0.4, -0.2) is 10.8 Å². The molecule has 3 aromatic carbocycles. The van der Waals surface area contributed by atoms with Gasteiger partial charge in [-0.2, -0.15) is 0 Å². The summed E-state index contributed by atoms with van der Waals surface area (Å²) in [7, 11) is 0. The van der Waals surface area contributed by atoms with Crippen LogP contribution >= 0.6 is 0 Å². The van der Waals surface area contributed by atoms with Crippen LogP contribution in [0.2, 0.25) is 0 Å². The molecule has 0 aliphatic carbocycles. The zero-order valence-corrected chi connectivity index (χ0v) is 12.4. The molecule has 0 radical (unpaired) electrons. The van der Waals surface area contributed by atoms with Crippen molar-refractivity contribution in [3.63, 3.8) is 0 Å². The molecule has 0 atom stereocenters. The summed E-state index contributed by atoms with van der Waals surface area (Å²) >= 11 is 0. The van der Waals surface area contributed by atoms with Crippen LogP contribution in [0.25, 0.3) is 10.8 Å². The van der Waals surface area contributed by atoms with E-state index in [1.54, 1.807) is 19.1 Å². The fraction of sp³-hybridized carbons (Fsp3) is 0.0556. The average Bonchev–Trinajstić information content (AvgIpc) is 2.56. The molecule has 0 unspecified atom stereocenters. The molecule has 0 heterocycles. The van der Waals surface area contributed by atoms with Crippen molar-refractivity contribution < 1.29 is 9.72 Å². The fourth-order valence-electron chi connectivity index (χ4n) is 2.47. The molecule has 0 aliphatic heterocycles. The van der Waals surface area contributed by atoms with E-state index < -0.39 is 4.92 Å². The number of hydrogen-bond donors (Lipinski definition) is 1. The molecule has 0 saturated carbocycles. The number of anilines is 1. The van der Waals surface area contributed by atoms with Crippen LogP contribution in [0.1, 0.15) is 15.9 Å². The molecule has 5 heteroatoms. The fourth-order valence-corrected chi connectivity index (χ4v) is 2.47. The van der Waals surface area contributed by atoms with Crippen LogP contribution < -0.4 is 5.32 Å². The highest BCUT2D eigenvalue weighted by Crippen LogP contribution is 2.24. The number of carbonyl (C=O) groups excluding carboxylic acids is 1. The monoisotopic (exact) mass is 306 g/mol. The van der Waals surface area contributed by atoms with E-state index in [1.807, 2.05) is 36.4 Å². The Labute approximate surface area is 132 Å². The molecule has 0 aromatic heterocycles. The number of nitro groups is 1. The molecule has 3 rings (SSSR count). The van der Waals surface area contributed by atoms with Gasteiger partial charge in [0, 0.05) is 17.7 Å². The van der Waals surface area contributed by atoms with E-state index in [2.05, 4.69) is 5.32 Å². The van der Waals surface area contributed by atoms with Gasteiger partial charge in [-0.25, -0.2) is 0 Å². The standard InChI is InChI=1S/C18H14N2O3/c1-12-9-10-14(20(22)23)11-17(12)19-18(21)16-8-4-6-13-5-2-3-7-15(13)16/h2-11H,1H3,(H,19,21). The number of nitro benzene ring substituents is 1. The van der Waals surface area contributed by atoms with Gasteiger partial charge in [0.05, 0.1) is 10.6 Å². The van der Waals surface area contributed by atoms with Crippen LogP contribution in [0.4, 0.5) is 11.4 Å². The molecule has 0 fully saturated rings. The van der Waals surface area contributed by atoms with Gasteiger partial charge in [-0.05, 0) is 29.3 Å². The van der Waals surface area contributed by atoms with Gasteiger partial charge < -0.3 is 5.32 Å². The van der Waals surface area contributed by atoms with Crippen molar-refractivity contribution in [2.75, 3.05) is 5.32 Å². The second kappa shape index (κ2) is 5.88. The number of amides is 1. The predicted octanol–water partition coefficient (Wildman–Crippen LogP) is 4.31. The van der Waals surface area contributed by atoms with E-state index in [1.165, 1.54) is 12.1 Å². The molecular weight excluding hydrogens is 292 g/mol. The minimum atomic E-state index is -0.479. The molecule has 0 aliphatic rings. The topological polar surface area (TPSA) is 72.2 Å². The van der Waals surface area contributed by atoms with E-state index in [0.717, 1.165) is 16.3 Å². The zero-order chi connectivity index (χ0) is 16.4. The van der Waals surface area contributed by atoms with Crippen LogP contribution in [0, 0.1) is 17.0 Å². The maximum Gasteiger partial charge on any atom is 0.271 e. The summed E-state index contributed by atoms with van der Waals surface area (Å²) in [5.74, 6) is -0.287. The molecule has 0 saturated heterocycles. The van der Waals surface area contributed by atoms with Gasteiger partial charge in [0.1, 0.15) is 0 Å². The summed E-state index contributed by atoms with van der Waals surface area (Å²) in [4.78, 5) is 23.0. The van der Waals surface area contributed by atoms with Crippen molar-refractivity contribution in [2.45, 2.75) is 6.92 Å². The van der Waals surface area contributed by atoms with Crippen LogP contribution in [-0.2, 0) is 0 Å². The van der Waals surface area contributed by atoms with Crippen LogP contribution in [0.5, 0.6) is 0 Å². The van der Waals surface area contributed by atoms with E-state index in [4.69, 9.17) is 0 Å². The highest BCUT2D eigenvalue weighted by molar-refractivity contribution is 6.13. The van der Waals surface area contributed by atoms with Crippen molar-refractivity contribution in [3.8, 4) is 0 Å². The molecule has 114 valence electrons. The first-order valence-corrected chi connectivity index (χ1v) is 7.10. The average molecular weight is 306 g/mol. The third-order valence-corrected chi connectivity index (χ3v) is 3.71. The Morgan fingerprint density at radius 2 is 1.78 bits per heavy atom. The summed E-state index contributed by atoms with van der Waals surface area (Å²) in [6, 6.07) is 17.5. The Morgan fingerprint density at radius 1 is 1.04 bits per heavy atom. The Morgan fingerprint density at radius 3 is 2.57 bits per heavy atom. The summed E-state index contributed by atoms with van der Waals surface area (Å²) in [5, 5.41) is 15.5. The predicted molar refractivity (Wildman–Crippen MR) is 89.7 cm³/mol. The van der Waals surface area contributed by atoms with Gasteiger partial charge in [-0.3, -0.25) is 14.9 Å². The summed E-state index contributed by atoms with van der Waals surface area (Å²) in [5.41, 5.74) is 1.69. The Bertz CT molecular complexity index is 914. The molecule has 23 heavy (non-hydrogen) atoms. The molecule has 5 nitrogen and oxygen atoms in total. The number of nitrogens with zero attached hydrogens (tertiary/aromatic N) is 1. The first-order chi connectivity index (χ1) is 11.1. The molecule has 1 amide bonds. The lowest BCUT2D eigenvalue weighted by Gasteiger charge is -2.10. The molecule has 3 aromatic rings. The summed E-state index contributed by atoms with van der Waals surface area (Å²) < 4.78 is 0. The second-order valence-corrected chi connectivity index (χ2v) is 5.24. The van der Waals surface area contributed by atoms with Crippen molar-refractivity contribution in [1.29, 1.82) is 0 Å². The number of hydrogen-bond acceptors (Lipinski definition) is 3.